The van der Waals surface area contributed by atoms with Gasteiger partial charge in [0.05, 0.1) is 32.9 Å². The van der Waals surface area contributed by atoms with Crippen LogP contribution in [-0.2, 0) is 6.42 Å². The minimum atomic E-state index is -0.433. The summed E-state index contributed by atoms with van der Waals surface area (Å²) in [5.74, 6) is 0.154. The number of aryl methyl sites for hydroxylation is 1. The molecule has 0 amide bonds. The zero-order valence-corrected chi connectivity index (χ0v) is 17.2. The molecule has 0 saturated carbocycles. The lowest BCUT2D eigenvalue weighted by atomic mass is 9.83. The van der Waals surface area contributed by atoms with Gasteiger partial charge in [-0.1, -0.05) is 60.8 Å². The summed E-state index contributed by atoms with van der Waals surface area (Å²) >= 11 is 12.4. The zero-order valence-electron chi connectivity index (χ0n) is 15.7. The Morgan fingerprint density at radius 2 is 1.93 bits per heavy atom. The molecule has 1 aliphatic rings. The fourth-order valence-electron chi connectivity index (χ4n) is 3.60. The van der Waals surface area contributed by atoms with Crippen LogP contribution < -0.4 is 10.5 Å². The maximum Gasteiger partial charge on any atom is 0.229 e. The summed E-state index contributed by atoms with van der Waals surface area (Å²) < 4.78 is 7.67. The second-order valence-corrected chi connectivity index (χ2v) is 7.58. The number of nitrogens with two attached hydrogens (primary N) is 1. The molecule has 0 fully saturated rings. The van der Waals surface area contributed by atoms with Crippen LogP contribution in [0.1, 0.15) is 36.1 Å². The summed E-state index contributed by atoms with van der Waals surface area (Å²) in [4.78, 5) is 0. The molecular formula is C22H18Cl2N4O. The van der Waals surface area contributed by atoms with Crippen LogP contribution in [0.3, 0.4) is 0 Å². The summed E-state index contributed by atoms with van der Waals surface area (Å²) in [5.41, 5.74) is 9.86. The summed E-state index contributed by atoms with van der Waals surface area (Å²) in [6, 6.07) is 17.3. The molecule has 5 nitrogen and oxygen atoms in total. The van der Waals surface area contributed by atoms with Gasteiger partial charge in [-0.3, -0.25) is 0 Å². The first-order valence-corrected chi connectivity index (χ1v) is 10.0. The van der Waals surface area contributed by atoms with Gasteiger partial charge in [-0.25, -0.2) is 4.68 Å². The summed E-state index contributed by atoms with van der Waals surface area (Å²) in [5, 5.41) is 15.5. The van der Waals surface area contributed by atoms with Crippen LogP contribution in [-0.4, -0.2) is 9.78 Å². The molecule has 0 unspecified atom stereocenters. The van der Waals surface area contributed by atoms with Crippen LogP contribution in [0.15, 0.2) is 60.0 Å². The minimum absolute atomic E-state index is 0.0659. The predicted molar refractivity (Wildman–Crippen MR) is 113 cm³/mol. The van der Waals surface area contributed by atoms with Gasteiger partial charge in [-0.2, -0.15) is 10.4 Å². The van der Waals surface area contributed by atoms with Crippen LogP contribution in [0.5, 0.6) is 5.88 Å². The van der Waals surface area contributed by atoms with Gasteiger partial charge in [0, 0.05) is 0 Å². The number of allylic oxidation sites excluding steroid dienone is 1. The number of halogens is 2. The number of hydrogen-bond donors (Lipinski definition) is 1. The maximum atomic E-state index is 9.83. The van der Waals surface area contributed by atoms with Crippen molar-refractivity contribution in [3.8, 4) is 17.6 Å². The largest absolute Gasteiger partial charge is 0.422 e. The number of hydrogen-bond acceptors (Lipinski definition) is 4. The van der Waals surface area contributed by atoms with E-state index in [2.05, 4.69) is 13.0 Å². The first kappa shape index (κ1) is 19.4. The van der Waals surface area contributed by atoms with Crippen LogP contribution in [0.25, 0.3) is 5.69 Å². The Bertz CT molecular complexity index is 1150. The molecule has 2 N–H and O–H groups in total. The maximum absolute atomic E-state index is 9.83. The van der Waals surface area contributed by atoms with E-state index in [0.29, 0.717) is 21.5 Å². The molecule has 2 heterocycles. The van der Waals surface area contributed by atoms with E-state index in [1.807, 2.05) is 36.4 Å². The van der Waals surface area contributed by atoms with Gasteiger partial charge in [-0.05, 0) is 36.2 Å². The molecule has 7 heteroatoms. The van der Waals surface area contributed by atoms with Crippen molar-refractivity contribution < 1.29 is 4.74 Å². The van der Waals surface area contributed by atoms with E-state index < -0.39 is 5.92 Å². The Labute approximate surface area is 178 Å². The van der Waals surface area contributed by atoms with Crippen molar-refractivity contribution in [2.24, 2.45) is 5.73 Å². The van der Waals surface area contributed by atoms with Crippen LogP contribution in [0.2, 0.25) is 10.0 Å². The Morgan fingerprint density at radius 3 is 2.59 bits per heavy atom. The van der Waals surface area contributed by atoms with E-state index in [9.17, 15) is 5.26 Å². The van der Waals surface area contributed by atoms with E-state index in [4.69, 9.17) is 38.8 Å². The van der Waals surface area contributed by atoms with E-state index in [-0.39, 0.29) is 5.88 Å². The molecule has 1 aliphatic heterocycles. The fourth-order valence-corrected chi connectivity index (χ4v) is 3.91. The highest BCUT2D eigenvalue weighted by Crippen LogP contribution is 2.46. The lowest BCUT2D eigenvalue weighted by Gasteiger charge is -2.25. The summed E-state index contributed by atoms with van der Waals surface area (Å²) in [6.07, 6.45) is 1.63. The van der Waals surface area contributed by atoms with Crippen LogP contribution >= 0.6 is 23.2 Å². The van der Waals surface area contributed by atoms with Gasteiger partial charge in [0.1, 0.15) is 11.6 Å². The third kappa shape index (κ3) is 3.35. The van der Waals surface area contributed by atoms with E-state index in [0.717, 1.165) is 35.3 Å². The third-order valence-electron chi connectivity index (χ3n) is 4.89. The highest BCUT2D eigenvalue weighted by Gasteiger charge is 2.37. The lowest BCUT2D eigenvalue weighted by Crippen LogP contribution is -2.22. The van der Waals surface area contributed by atoms with Gasteiger partial charge in [0.15, 0.2) is 0 Å². The van der Waals surface area contributed by atoms with Crippen molar-refractivity contribution in [3.63, 3.8) is 0 Å². The van der Waals surface area contributed by atoms with Crippen molar-refractivity contribution in [3.05, 3.63) is 86.9 Å². The molecule has 0 spiro atoms. The van der Waals surface area contributed by atoms with Gasteiger partial charge in [0.25, 0.3) is 0 Å². The molecule has 2 aromatic carbocycles. The number of fused-ring (bicyclic) bond motifs is 1. The summed E-state index contributed by atoms with van der Waals surface area (Å²) in [7, 11) is 0. The number of nitrogens with zero attached hydrogens (tertiary/aromatic N) is 3. The number of rotatable bonds is 4. The monoisotopic (exact) mass is 424 g/mol. The van der Waals surface area contributed by atoms with Crippen molar-refractivity contribution in [2.75, 3.05) is 0 Å². The number of para-hydroxylation sites is 1. The smallest absolute Gasteiger partial charge is 0.229 e. The van der Waals surface area contributed by atoms with Crippen molar-refractivity contribution >= 4 is 23.2 Å². The molecule has 0 radical (unpaired) electrons. The second-order valence-electron chi connectivity index (χ2n) is 6.76. The first-order chi connectivity index (χ1) is 14.0. The molecule has 1 aromatic heterocycles. The number of ether oxygens (including phenoxy) is 1. The highest BCUT2D eigenvalue weighted by atomic mass is 35.5. The first-order valence-electron chi connectivity index (χ1n) is 9.24. The quantitative estimate of drug-likeness (QED) is 0.611. The van der Waals surface area contributed by atoms with Gasteiger partial charge in [-0.15, -0.1) is 0 Å². The predicted octanol–water partition coefficient (Wildman–Crippen LogP) is 5.35. The molecule has 0 saturated heterocycles. The van der Waals surface area contributed by atoms with Crippen molar-refractivity contribution in [1.29, 1.82) is 5.26 Å². The van der Waals surface area contributed by atoms with Crippen molar-refractivity contribution in [2.45, 2.75) is 25.7 Å². The fraction of sp³-hybridized carbons (Fsp3) is 0.182. The van der Waals surface area contributed by atoms with Gasteiger partial charge >= 0.3 is 0 Å². The van der Waals surface area contributed by atoms with E-state index >= 15 is 0 Å². The third-order valence-corrected chi connectivity index (χ3v) is 5.63. The molecule has 3 aromatic rings. The number of aromatic nitrogens is 2. The Balaban J connectivity index is 1.99. The van der Waals surface area contributed by atoms with Crippen LogP contribution in [0.4, 0.5) is 0 Å². The van der Waals surface area contributed by atoms with Crippen LogP contribution in [0, 0.1) is 11.3 Å². The summed E-state index contributed by atoms with van der Waals surface area (Å²) in [6.45, 7) is 2.08. The lowest BCUT2D eigenvalue weighted by molar-refractivity contribution is 0.367. The highest BCUT2D eigenvalue weighted by molar-refractivity contribution is 6.42. The molecule has 0 bridgehead atoms. The average Bonchev–Trinajstić information content (AvgIpc) is 3.08. The average molecular weight is 425 g/mol. The van der Waals surface area contributed by atoms with Crippen molar-refractivity contribution in [1.82, 2.24) is 9.78 Å². The zero-order chi connectivity index (χ0) is 20.5. The molecule has 0 aliphatic carbocycles. The second kappa shape index (κ2) is 7.82. The van der Waals surface area contributed by atoms with E-state index in [1.165, 1.54) is 0 Å². The SMILES string of the molecule is CCCc1nn(-c2ccccc2)c2c1[C@@H](c1ccc(Cl)c(Cl)c1)C(C#N)=C(N)O2. The molecule has 1 atom stereocenters. The Hall–Kier alpha value is -2.94. The Kier molecular flexibility index (Phi) is 5.23. The molecule has 4 rings (SSSR count). The minimum Gasteiger partial charge on any atom is -0.422 e. The normalized spacial score (nSPS) is 15.6. The molecule has 146 valence electrons. The molecular weight excluding hydrogens is 407 g/mol. The van der Waals surface area contributed by atoms with Gasteiger partial charge in [0.2, 0.25) is 11.8 Å². The Morgan fingerprint density at radius 1 is 1.17 bits per heavy atom. The number of benzene rings is 2. The van der Waals surface area contributed by atoms with E-state index in [1.54, 1.807) is 16.8 Å². The number of nitriles is 1. The topological polar surface area (TPSA) is 76.9 Å². The standard InChI is InChI=1S/C22H18Cl2N4O/c1-2-6-18-20-19(13-9-10-16(23)17(24)11-13)15(12-25)21(26)29-22(20)28(27-18)14-7-4-3-5-8-14/h3-5,7-11,19H,2,6,26H2,1H3/t19-/m0/s1. The molecule has 29 heavy (non-hydrogen) atoms. The van der Waals surface area contributed by atoms with Gasteiger partial charge < -0.3 is 10.5 Å².